The quantitative estimate of drug-likeness (QED) is 0.122. The third-order valence-corrected chi connectivity index (χ3v) is 6.79. The minimum absolute atomic E-state index is 0.0950. The van der Waals surface area contributed by atoms with Crippen molar-refractivity contribution < 1.29 is 23.9 Å². The maximum Gasteiger partial charge on any atom is 0.408 e. The van der Waals surface area contributed by atoms with Gasteiger partial charge in [0.25, 0.3) is 0 Å². The molecule has 1 N–H and O–H groups in total. The number of fused-ring (bicyclic) bond motifs is 3. The van der Waals surface area contributed by atoms with Gasteiger partial charge in [0, 0.05) is 11.6 Å². The predicted octanol–water partition coefficient (Wildman–Crippen LogP) is 5.94. The fourth-order valence-corrected chi connectivity index (χ4v) is 4.77. The molecule has 37 heavy (non-hydrogen) atoms. The summed E-state index contributed by atoms with van der Waals surface area (Å²) in [6.07, 6.45) is 3.65. The van der Waals surface area contributed by atoms with Crippen LogP contribution < -0.4 is 5.32 Å². The average molecular weight is 516 g/mol. The fourth-order valence-electron chi connectivity index (χ4n) is 4.30. The number of rotatable bonds is 10. The summed E-state index contributed by atoms with van der Waals surface area (Å²) in [5.41, 5.74) is 6.20. The lowest BCUT2D eigenvalue weighted by atomic mass is 10.0. The Kier molecular flexibility index (Phi) is 8.80. The molecule has 0 spiro atoms. The lowest BCUT2D eigenvalue weighted by Crippen LogP contribution is -2.42. The number of ether oxygens (including phenoxy) is 2. The number of carbonyl (C=O) groups is 3. The van der Waals surface area contributed by atoms with E-state index in [1.54, 1.807) is 36.0 Å². The van der Waals surface area contributed by atoms with Crippen LogP contribution in [0.5, 0.6) is 0 Å². The molecule has 7 heteroatoms. The first-order chi connectivity index (χ1) is 18.0. The molecule has 0 radical (unpaired) electrons. The zero-order chi connectivity index (χ0) is 26.2. The van der Waals surface area contributed by atoms with Crippen molar-refractivity contribution in [3.8, 4) is 11.1 Å². The summed E-state index contributed by atoms with van der Waals surface area (Å²) in [7, 11) is 0. The normalized spacial score (nSPS) is 12.8. The van der Waals surface area contributed by atoms with Crippen LogP contribution in [0.4, 0.5) is 4.79 Å². The number of hydrogen-bond donors (Lipinski definition) is 1. The van der Waals surface area contributed by atoms with Crippen molar-refractivity contribution in [3.63, 3.8) is 0 Å². The molecule has 3 aromatic rings. The summed E-state index contributed by atoms with van der Waals surface area (Å²) in [4.78, 5) is 37.8. The van der Waals surface area contributed by atoms with Gasteiger partial charge in [0.2, 0.25) is 0 Å². The van der Waals surface area contributed by atoms with Gasteiger partial charge in [0.1, 0.15) is 18.4 Å². The van der Waals surface area contributed by atoms with E-state index < -0.39 is 18.1 Å². The lowest BCUT2D eigenvalue weighted by Gasteiger charge is -2.18. The second kappa shape index (κ2) is 12.4. The van der Waals surface area contributed by atoms with E-state index in [2.05, 4.69) is 23.5 Å². The highest BCUT2D eigenvalue weighted by Gasteiger charge is 2.25. The Morgan fingerprint density at radius 2 is 1.70 bits per heavy atom. The summed E-state index contributed by atoms with van der Waals surface area (Å²) in [5.74, 6) is -0.119. The van der Waals surface area contributed by atoms with Crippen molar-refractivity contribution in [1.82, 2.24) is 5.32 Å². The Morgan fingerprint density at radius 1 is 0.973 bits per heavy atom. The van der Waals surface area contributed by atoms with Crippen LogP contribution in [0.15, 0.2) is 84.6 Å². The predicted molar refractivity (Wildman–Crippen MR) is 145 cm³/mol. The van der Waals surface area contributed by atoms with Crippen molar-refractivity contribution in [3.05, 3.63) is 107 Å². The van der Waals surface area contributed by atoms with Crippen LogP contribution in [0.3, 0.4) is 0 Å². The molecule has 1 aliphatic rings. The van der Waals surface area contributed by atoms with Crippen LogP contribution in [-0.4, -0.2) is 35.9 Å². The van der Waals surface area contributed by atoms with Crippen LogP contribution in [0.25, 0.3) is 11.1 Å². The molecular weight excluding hydrogens is 486 g/mol. The number of carbonyl (C=O) groups excluding carboxylic acids is 3. The van der Waals surface area contributed by atoms with Crippen LogP contribution >= 0.6 is 11.8 Å². The van der Waals surface area contributed by atoms with Gasteiger partial charge in [-0.1, -0.05) is 72.8 Å². The first kappa shape index (κ1) is 26.2. The van der Waals surface area contributed by atoms with E-state index in [4.69, 9.17) is 9.47 Å². The van der Waals surface area contributed by atoms with E-state index in [-0.39, 0.29) is 18.1 Å². The summed E-state index contributed by atoms with van der Waals surface area (Å²) in [5, 5.41) is 2.64. The Bertz CT molecular complexity index is 1320. The van der Waals surface area contributed by atoms with Crippen molar-refractivity contribution in [1.29, 1.82) is 0 Å². The highest BCUT2D eigenvalue weighted by atomic mass is 32.2. The standard InChI is InChI=1S/C30H29NO5S/c1-20(17-28(32)21-9-4-3-5-10-21)36-29(33)27(15-16-37-2)31-30(34)35-19-23-12-8-14-25-24-13-7-6-11-22(24)18-26(23)25/h3-14,17,27H,15-16,18-19H2,1-2H3,(H,31,34)/t27-/m0/s1. The van der Waals surface area contributed by atoms with E-state index in [0.717, 1.165) is 23.1 Å². The van der Waals surface area contributed by atoms with Crippen LogP contribution in [-0.2, 0) is 27.3 Å². The number of nitrogens with one attached hydrogen (secondary N) is 1. The Balaban J connectivity index is 1.36. The topological polar surface area (TPSA) is 81.7 Å². The van der Waals surface area contributed by atoms with Crippen molar-refractivity contribution >= 4 is 29.6 Å². The molecule has 0 fully saturated rings. The number of esters is 1. The van der Waals surface area contributed by atoms with Gasteiger partial charge in [-0.15, -0.1) is 0 Å². The third-order valence-electron chi connectivity index (χ3n) is 6.15. The van der Waals surface area contributed by atoms with E-state index in [1.807, 2.05) is 36.6 Å². The second-order valence-corrected chi connectivity index (χ2v) is 9.72. The average Bonchev–Trinajstić information content (AvgIpc) is 3.29. The van der Waals surface area contributed by atoms with Gasteiger partial charge >= 0.3 is 12.1 Å². The van der Waals surface area contributed by atoms with Gasteiger partial charge in [-0.2, -0.15) is 11.8 Å². The molecule has 1 aliphatic carbocycles. The SMILES string of the molecule is CSCC[C@H](NC(=O)OCc1cccc2c1Cc1ccccc1-2)C(=O)OC(C)=CC(=O)c1ccccc1. The molecular formula is C30H29NO5S. The van der Waals surface area contributed by atoms with Crippen molar-refractivity contribution in [2.24, 2.45) is 0 Å². The maximum atomic E-state index is 12.8. The third kappa shape index (κ3) is 6.68. The van der Waals surface area contributed by atoms with Gasteiger partial charge in [-0.3, -0.25) is 4.79 Å². The molecule has 0 aliphatic heterocycles. The van der Waals surface area contributed by atoms with E-state index in [1.165, 1.54) is 24.1 Å². The Labute approximate surface area is 221 Å². The highest BCUT2D eigenvalue weighted by Crippen LogP contribution is 2.38. The molecule has 6 nitrogen and oxygen atoms in total. The summed E-state index contributed by atoms with van der Waals surface area (Å²) < 4.78 is 10.9. The molecule has 0 unspecified atom stereocenters. The monoisotopic (exact) mass is 515 g/mol. The molecule has 1 amide bonds. The molecule has 1 atom stereocenters. The number of ketones is 1. The maximum absolute atomic E-state index is 12.8. The number of thioether (sulfide) groups is 1. The molecule has 0 saturated heterocycles. The summed E-state index contributed by atoms with van der Waals surface area (Å²) in [6.45, 7) is 1.63. The van der Waals surface area contributed by atoms with E-state index in [0.29, 0.717) is 17.7 Å². The number of alkyl carbamates (subject to hydrolysis) is 1. The van der Waals surface area contributed by atoms with Gasteiger partial charge in [-0.25, -0.2) is 9.59 Å². The highest BCUT2D eigenvalue weighted by molar-refractivity contribution is 7.98. The van der Waals surface area contributed by atoms with Gasteiger partial charge in [0.05, 0.1) is 0 Å². The molecule has 4 rings (SSSR count). The zero-order valence-corrected chi connectivity index (χ0v) is 21.7. The van der Waals surface area contributed by atoms with Gasteiger partial charge < -0.3 is 14.8 Å². The molecule has 0 aromatic heterocycles. The Hall–Kier alpha value is -3.84. The summed E-state index contributed by atoms with van der Waals surface area (Å²) in [6, 6.07) is 22.1. The number of amides is 1. The van der Waals surface area contributed by atoms with Crippen LogP contribution in [0, 0.1) is 0 Å². The van der Waals surface area contributed by atoms with E-state index in [9.17, 15) is 14.4 Å². The smallest absolute Gasteiger partial charge is 0.408 e. The number of benzene rings is 3. The number of hydrogen-bond acceptors (Lipinski definition) is 6. The van der Waals surface area contributed by atoms with Crippen LogP contribution in [0.1, 0.15) is 40.4 Å². The van der Waals surface area contributed by atoms with Crippen molar-refractivity contribution in [2.45, 2.75) is 32.4 Å². The van der Waals surface area contributed by atoms with E-state index >= 15 is 0 Å². The molecule has 0 saturated carbocycles. The first-order valence-electron chi connectivity index (χ1n) is 12.1. The largest absolute Gasteiger partial charge is 0.445 e. The van der Waals surface area contributed by atoms with Crippen molar-refractivity contribution in [2.75, 3.05) is 12.0 Å². The zero-order valence-electron chi connectivity index (χ0n) is 20.9. The first-order valence-corrected chi connectivity index (χ1v) is 13.5. The molecule has 0 bridgehead atoms. The molecule has 0 heterocycles. The molecule has 190 valence electrons. The van der Waals surface area contributed by atoms with Gasteiger partial charge in [-0.05, 0) is 59.6 Å². The van der Waals surface area contributed by atoms with Gasteiger partial charge in [0.15, 0.2) is 5.78 Å². The summed E-state index contributed by atoms with van der Waals surface area (Å²) >= 11 is 1.55. The number of allylic oxidation sites excluding steroid dienone is 2. The lowest BCUT2D eigenvalue weighted by molar-refractivity contribution is -0.141. The Morgan fingerprint density at radius 3 is 2.49 bits per heavy atom. The minimum atomic E-state index is -0.902. The second-order valence-electron chi connectivity index (χ2n) is 8.74. The van der Waals surface area contributed by atoms with Crippen LogP contribution in [0.2, 0.25) is 0 Å². The molecule has 3 aromatic carbocycles. The minimum Gasteiger partial charge on any atom is -0.445 e. The fraction of sp³-hybridized carbons (Fsp3) is 0.233.